The fourth-order valence-corrected chi connectivity index (χ4v) is 3.18. The third-order valence-electron chi connectivity index (χ3n) is 2.33. The van der Waals surface area contributed by atoms with Crippen LogP contribution in [-0.2, 0) is 0 Å². The molecule has 1 aliphatic rings. The van der Waals surface area contributed by atoms with Gasteiger partial charge in [-0.2, -0.15) is 0 Å². The fourth-order valence-electron chi connectivity index (χ4n) is 1.58. The number of hydrogen-bond acceptors (Lipinski definition) is 3. The maximum Gasteiger partial charge on any atom is 0.282 e. The van der Waals surface area contributed by atoms with Crippen molar-refractivity contribution in [1.82, 2.24) is 0 Å². The highest BCUT2D eigenvalue weighted by molar-refractivity contribution is 8.00. The SMILES string of the molecule is O=[N+]([O-])c1ccccc1S[C@@H]1C=C[C@@H](Cl)C1. The smallest absolute Gasteiger partial charge is 0.258 e. The third-order valence-corrected chi connectivity index (χ3v) is 3.91. The molecule has 0 unspecified atom stereocenters. The lowest BCUT2D eigenvalue weighted by atomic mass is 10.3. The number of para-hydroxylation sites is 1. The van der Waals surface area contributed by atoms with Crippen LogP contribution in [-0.4, -0.2) is 15.6 Å². The second-order valence-corrected chi connectivity index (χ2v) is 5.36. The fraction of sp³-hybridized carbons (Fsp3) is 0.273. The van der Waals surface area contributed by atoms with Gasteiger partial charge in [0.25, 0.3) is 5.69 Å². The van der Waals surface area contributed by atoms with Crippen molar-refractivity contribution in [2.75, 3.05) is 0 Å². The largest absolute Gasteiger partial charge is 0.282 e. The summed E-state index contributed by atoms with van der Waals surface area (Å²) < 4.78 is 0. The quantitative estimate of drug-likeness (QED) is 0.359. The molecule has 16 heavy (non-hydrogen) atoms. The zero-order valence-electron chi connectivity index (χ0n) is 8.38. The van der Waals surface area contributed by atoms with E-state index in [9.17, 15) is 10.1 Å². The minimum Gasteiger partial charge on any atom is -0.258 e. The Morgan fingerprint density at radius 1 is 1.38 bits per heavy atom. The molecule has 0 fully saturated rings. The van der Waals surface area contributed by atoms with Crippen molar-refractivity contribution >= 4 is 29.1 Å². The Morgan fingerprint density at radius 3 is 2.75 bits per heavy atom. The summed E-state index contributed by atoms with van der Waals surface area (Å²) in [4.78, 5) is 11.2. The molecule has 2 atom stereocenters. The summed E-state index contributed by atoms with van der Waals surface area (Å²) in [6.07, 6.45) is 4.78. The molecule has 0 bridgehead atoms. The Kier molecular flexibility index (Phi) is 3.51. The Hall–Kier alpha value is -1.000. The van der Waals surface area contributed by atoms with Crippen molar-refractivity contribution in [3.63, 3.8) is 0 Å². The third kappa shape index (κ3) is 2.57. The van der Waals surface area contributed by atoms with Gasteiger partial charge < -0.3 is 0 Å². The van der Waals surface area contributed by atoms with Crippen molar-refractivity contribution in [3.8, 4) is 0 Å². The van der Waals surface area contributed by atoms with Gasteiger partial charge in [-0.1, -0.05) is 24.3 Å². The first kappa shape index (κ1) is 11.5. The number of nitro benzene ring substituents is 1. The summed E-state index contributed by atoms with van der Waals surface area (Å²) in [6, 6.07) is 6.79. The van der Waals surface area contributed by atoms with E-state index in [1.165, 1.54) is 17.8 Å². The minimum absolute atomic E-state index is 0.0558. The van der Waals surface area contributed by atoms with Crippen LogP contribution in [0.25, 0.3) is 0 Å². The molecular formula is C11H10ClNO2S. The van der Waals surface area contributed by atoms with Crippen molar-refractivity contribution < 1.29 is 4.92 Å². The van der Waals surface area contributed by atoms with E-state index in [4.69, 9.17) is 11.6 Å². The van der Waals surface area contributed by atoms with Crippen LogP contribution in [0.4, 0.5) is 5.69 Å². The minimum atomic E-state index is -0.348. The first-order valence-electron chi connectivity index (χ1n) is 4.89. The maximum absolute atomic E-state index is 10.8. The highest BCUT2D eigenvalue weighted by atomic mass is 35.5. The zero-order chi connectivity index (χ0) is 11.5. The van der Waals surface area contributed by atoms with Crippen molar-refractivity contribution in [3.05, 3.63) is 46.5 Å². The van der Waals surface area contributed by atoms with Crippen LogP contribution < -0.4 is 0 Å². The molecule has 0 aliphatic heterocycles. The Morgan fingerprint density at radius 2 is 2.12 bits per heavy atom. The van der Waals surface area contributed by atoms with Crippen LogP contribution in [0.3, 0.4) is 0 Å². The van der Waals surface area contributed by atoms with E-state index in [-0.39, 0.29) is 21.2 Å². The number of halogens is 1. The van der Waals surface area contributed by atoms with Crippen LogP contribution >= 0.6 is 23.4 Å². The average molecular weight is 256 g/mol. The van der Waals surface area contributed by atoms with Crippen LogP contribution in [0.5, 0.6) is 0 Å². The molecule has 1 aromatic rings. The van der Waals surface area contributed by atoms with E-state index in [2.05, 4.69) is 0 Å². The Labute approximate surface area is 103 Å². The van der Waals surface area contributed by atoms with E-state index < -0.39 is 0 Å². The highest BCUT2D eigenvalue weighted by Crippen LogP contribution is 2.36. The molecule has 2 rings (SSSR count). The molecule has 0 spiro atoms. The lowest BCUT2D eigenvalue weighted by Crippen LogP contribution is -1.99. The summed E-state index contributed by atoms with van der Waals surface area (Å²) in [5.74, 6) is 0. The van der Waals surface area contributed by atoms with Gasteiger partial charge in [0.05, 0.1) is 15.2 Å². The normalized spacial score (nSPS) is 23.6. The number of alkyl halides is 1. The van der Waals surface area contributed by atoms with Gasteiger partial charge in [0.15, 0.2) is 0 Å². The first-order valence-corrected chi connectivity index (χ1v) is 6.21. The predicted octanol–water partition coefficient (Wildman–Crippen LogP) is 3.62. The number of benzene rings is 1. The summed E-state index contributed by atoms with van der Waals surface area (Å²) in [5, 5.41) is 11.1. The van der Waals surface area contributed by atoms with Gasteiger partial charge in [-0.05, 0) is 12.5 Å². The summed E-state index contributed by atoms with van der Waals surface area (Å²) in [5.41, 5.74) is 0.166. The molecule has 0 heterocycles. The van der Waals surface area contributed by atoms with Crippen LogP contribution in [0.2, 0.25) is 0 Å². The molecule has 1 aliphatic carbocycles. The number of allylic oxidation sites excluding steroid dienone is 1. The van der Waals surface area contributed by atoms with E-state index in [1.807, 2.05) is 18.2 Å². The number of thioether (sulfide) groups is 1. The monoisotopic (exact) mass is 255 g/mol. The molecule has 84 valence electrons. The average Bonchev–Trinajstić information content (AvgIpc) is 2.64. The van der Waals surface area contributed by atoms with E-state index in [0.717, 1.165) is 6.42 Å². The molecule has 3 nitrogen and oxygen atoms in total. The van der Waals surface area contributed by atoms with Gasteiger partial charge in [-0.3, -0.25) is 10.1 Å². The predicted molar refractivity (Wildman–Crippen MR) is 66.1 cm³/mol. The Bertz CT molecular complexity index is 436. The molecule has 1 aromatic carbocycles. The van der Waals surface area contributed by atoms with E-state index >= 15 is 0 Å². The molecule has 0 saturated heterocycles. The molecule has 0 N–H and O–H groups in total. The molecular weight excluding hydrogens is 246 g/mol. The van der Waals surface area contributed by atoms with Gasteiger partial charge in [-0.25, -0.2) is 0 Å². The zero-order valence-corrected chi connectivity index (χ0v) is 9.95. The number of nitro groups is 1. The molecule has 0 saturated carbocycles. The van der Waals surface area contributed by atoms with Gasteiger partial charge in [0, 0.05) is 11.3 Å². The lowest BCUT2D eigenvalue weighted by molar-refractivity contribution is -0.387. The molecule has 0 aromatic heterocycles. The number of hydrogen-bond donors (Lipinski definition) is 0. The van der Waals surface area contributed by atoms with Crippen LogP contribution in [0.15, 0.2) is 41.3 Å². The highest BCUT2D eigenvalue weighted by Gasteiger charge is 2.21. The number of nitrogens with zero attached hydrogens (tertiary/aromatic N) is 1. The second-order valence-electron chi connectivity index (χ2n) is 3.52. The Balaban J connectivity index is 2.15. The van der Waals surface area contributed by atoms with E-state index in [0.29, 0.717) is 4.90 Å². The van der Waals surface area contributed by atoms with Crippen LogP contribution in [0, 0.1) is 10.1 Å². The van der Waals surface area contributed by atoms with Gasteiger partial charge in [-0.15, -0.1) is 23.4 Å². The second kappa shape index (κ2) is 4.89. The topological polar surface area (TPSA) is 43.1 Å². The van der Waals surface area contributed by atoms with Crippen molar-refractivity contribution in [2.45, 2.75) is 21.9 Å². The van der Waals surface area contributed by atoms with Crippen LogP contribution in [0.1, 0.15) is 6.42 Å². The van der Waals surface area contributed by atoms with E-state index in [1.54, 1.807) is 12.1 Å². The molecule has 0 radical (unpaired) electrons. The summed E-state index contributed by atoms with van der Waals surface area (Å²) >= 11 is 7.44. The molecule has 5 heteroatoms. The number of rotatable bonds is 3. The van der Waals surface area contributed by atoms with Gasteiger partial charge in [0.2, 0.25) is 0 Å². The van der Waals surface area contributed by atoms with Crippen molar-refractivity contribution in [2.24, 2.45) is 0 Å². The standard InChI is InChI=1S/C11H10ClNO2S/c12-8-5-6-9(7-8)16-11-4-2-1-3-10(11)13(14)15/h1-6,8-9H,7H2/t8-,9-/m1/s1. The summed E-state index contributed by atoms with van der Waals surface area (Å²) in [7, 11) is 0. The van der Waals surface area contributed by atoms with Gasteiger partial charge >= 0.3 is 0 Å². The lowest BCUT2D eigenvalue weighted by Gasteiger charge is -2.08. The molecule has 0 amide bonds. The first-order chi connectivity index (χ1) is 7.66. The maximum atomic E-state index is 10.8. The van der Waals surface area contributed by atoms with Crippen molar-refractivity contribution in [1.29, 1.82) is 0 Å². The van der Waals surface area contributed by atoms with Gasteiger partial charge in [0.1, 0.15) is 0 Å². The summed E-state index contributed by atoms with van der Waals surface area (Å²) in [6.45, 7) is 0.